The minimum absolute atomic E-state index is 0.193. The highest BCUT2D eigenvalue weighted by Crippen LogP contribution is 3.36. The van der Waals surface area contributed by atoms with Crippen molar-refractivity contribution in [2.75, 3.05) is 13.1 Å². The van der Waals surface area contributed by atoms with Crippen LogP contribution in [0.5, 0.6) is 0 Å². The van der Waals surface area contributed by atoms with Crippen LogP contribution in [-0.2, 0) is 4.79 Å². The largest absolute Gasteiger partial charge is 0.348 e. The minimum Gasteiger partial charge on any atom is -0.348 e. The monoisotopic (exact) mass is 270 g/mol. The third-order valence-electron chi connectivity index (χ3n) is 9.41. The average molecular weight is 270 g/mol. The molecule has 1 N–H and O–H groups in total. The minimum atomic E-state index is 0.193. The average Bonchev–Trinajstić information content (AvgIpc) is 2.84. The molecular formula is C17H22N2O. The fourth-order valence-electron chi connectivity index (χ4n) is 9.79. The zero-order valence-corrected chi connectivity index (χ0v) is 12.3. The van der Waals surface area contributed by atoms with Gasteiger partial charge in [0.05, 0.1) is 11.6 Å². The maximum Gasteiger partial charge on any atom is 0.237 e. The molecule has 0 aromatic heterocycles. The molecule has 0 aromatic carbocycles. The van der Waals surface area contributed by atoms with Gasteiger partial charge in [-0.15, -0.1) is 0 Å². The lowest BCUT2D eigenvalue weighted by Crippen LogP contribution is -2.96. The predicted molar refractivity (Wildman–Crippen MR) is 72.7 cm³/mol. The molecule has 8 aliphatic rings. The molecule has 4 unspecified atom stereocenters. The third kappa shape index (κ3) is 0.466. The zero-order valence-electron chi connectivity index (χ0n) is 12.3. The van der Waals surface area contributed by atoms with Crippen molar-refractivity contribution in [3.8, 4) is 0 Å². The van der Waals surface area contributed by atoms with E-state index >= 15 is 0 Å². The summed E-state index contributed by atoms with van der Waals surface area (Å²) in [4.78, 5) is 15.2. The van der Waals surface area contributed by atoms with Crippen LogP contribution in [0.25, 0.3) is 0 Å². The molecule has 1 heterocycles. The lowest BCUT2D eigenvalue weighted by Gasteiger charge is -2.92. The van der Waals surface area contributed by atoms with Gasteiger partial charge in [-0.05, 0) is 61.4 Å². The highest BCUT2D eigenvalue weighted by Gasteiger charge is 3.39. The van der Waals surface area contributed by atoms with Crippen LogP contribution >= 0.6 is 0 Å². The van der Waals surface area contributed by atoms with Gasteiger partial charge in [0.25, 0.3) is 0 Å². The Morgan fingerprint density at radius 3 is 2.70 bits per heavy atom. The number of nitrogens with zero attached hydrogens (tertiary/aromatic N) is 1. The van der Waals surface area contributed by atoms with Gasteiger partial charge in [0.15, 0.2) is 0 Å². The van der Waals surface area contributed by atoms with Gasteiger partial charge in [0.2, 0.25) is 5.91 Å². The van der Waals surface area contributed by atoms with Crippen LogP contribution in [0.15, 0.2) is 0 Å². The molecule has 7 saturated carbocycles. The van der Waals surface area contributed by atoms with Gasteiger partial charge in [0, 0.05) is 10.8 Å². The fourth-order valence-corrected chi connectivity index (χ4v) is 9.79. The number of rotatable bonds is 4. The van der Waals surface area contributed by atoms with E-state index in [-0.39, 0.29) is 6.04 Å². The first kappa shape index (κ1) is 10.2. The quantitative estimate of drug-likeness (QED) is 0.833. The molecule has 8 rings (SSSR count). The Morgan fingerprint density at radius 2 is 2.10 bits per heavy atom. The van der Waals surface area contributed by atoms with E-state index in [9.17, 15) is 4.79 Å². The molecule has 0 aromatic rings. The maximum absolute atomic E-state index is 12.7. The van der Waals surface area contributed by atoms with E-state index < -0.39 is 0 Å². The second-order valence-electron chi connectivity index (χ2n) is 9.01. The molecule has 3 heteroatoms. The summed E-state index contributed by atoms with van der Waals surface area (Å²) in [6, 6.07) is 0.193. The molecule has 8 fully saturated rings. The molecule has 2 spiro atoms. The summed E-state index contributed by atoms with van der Waals surface area (Å²) in [6.07, 6.45) is 3.45. The first-order valence-corrected chi connectivity index (χ1v) is 8.72. The predicted octanol–water partition coefficient (Wildman–Crippen LogP) is 1.24. The Labute approximate surface area is 119 Å². The van der Waals surface area contributed by atoms with E-state index in [0.29, 0.717) is 22.3 Å². The highest BCUT2D eigenvalue weighted by atomic mass is 16.2. The molecule has 20 heavy (non-hydrogen) atoms. The standard InChI is InChI=1S/C17H22N2O/c1-3-6-19-7-4-5-8(19)12(20)18-17-9-10-14(2)11(9)16(17)13(14)15(10,16)17/h8-11,13H,3-7H2,1-2H3,(H,18,20)/t8-,9?,10?,11?,13?,14?,15?,16?,17?/m1/s1. The van der Waals surface area contributed by atoms with Gasteiger partial charge in [-0.1, -0.05) is 13.8 Å². The summed E-state index contributed by atoms with van der Waals surface area (Å²) in [5, 5.41) is 3.59. The SMILES string of the molecule is CCCN1CCC[C@@H]1C(=O)NC12C3C4C5(C)C3C13C5C423. The Hall–Kier alpha value is -0.570. The van der Waals surface area contributed by atoms with Gasteiger partial charge in [-0.2, -0.15) is 0 Å². The number of carbonyl (C=O) groups is 1. The topological polar surface area (TPSA) is 32.3 Å². The summed E-state index contributed by atoms with van der Waals surface area (Å²) in [5.41, 5.74) is 2.52. The Balaban J connectivity index is 1.14. The van der Waals surface area contributed by atoms with Crippen molar-refractivity contribution in [3.05, 3.63) is 0 Å². The van der Waals surface area contributed by atoms with Gasteiger partial charge in [-0.25, -0.2) is 0 Å². The van der Waals surface area contributed by atoms with Crippen molar-refractivity contribution in [2.45, 2.75) is 44.7 Å². The van der Waals surface area contributed by atoms with Gasteiger partial charge >= 0.3 is 0 Å². The lowest BCUT2D eigenvalue weighted by atomic mass is 9.13. The van der Waals surface area contributed by atoms with E-state index in [2.05, 4.69) is 24.1 Å². The first-order valence-electron chi connectivity index (χ1n) is 8.72. The van der Waals surface area contributed by atoms with Gasteiger partial charge in [-0.3, -0.25) is 9.69 Å². The second-order valence-corrected chi connectivity index (χ2v) is 9.01. The summed E-state index contributed by atoms with van der Waals surface area (Å²) in [5.74, 6) is 4.44. The van der Waals surface area contributed by atoms with Crippen molar-refractivity contribution < 1.29 is 4.79 Å². The van der Waals surface area contributed by atoms with Crippen molar-refractivity contribution in [1.82, 2.24) is 10.2 Å². The Kier molecular flexibility index (Phi) is 1.12. The highest BCUT2D eigenvalue weighted by molar-refractivity contribution is 5.94. The number of amides is 1. The molecular weight excluding hydrogens is 248 g/mol. The van der Waals surface area contributed by atoms with E-state index in [0.717, 1.165) is 55.0 Å². The van der Waals surface area contributed by atoms with Crippen molar-refractivity contribution >= 4 is 5.91 Å². The molecule has 3 nitrogen and oxygen atoms in total. The number of nitrogens with one attached hydrogen (secondary N) is 1. The summed E-state index contributed by atoms with van der Waals surface area (Å²) < 4.78 is 0. The molecule has 5 atom stereocenters. The fraction of sp³-hybridized carbons (Fsp3) is 0.941. The van der Waals surface area contributed by atoms with Crippen LogP contribution < -0.4 is 5.32 Å². The molecule has 0 radical (unpaired) electrons. The molecule has 1 amide bonds. The summed E-state index contributed by atoms with van der Waals surface area (Å²) >= 11 is 0. The van der Waals surface area contributed by atoms with Crippen LogP contribution in [-0.4, -0.2) is 35.5 Å². The summed E-state index contributed by atoms with van der Waals surface area (Å²) in [7, 11) is 0. The molecule has 7 aliphatic carbocycles. The van der Waals surface area contributed by atoms with E-state index in [1.165, 1.54) is 6.42 Å². The van der Waals surface area contributed by atoms with Crippen LogP contribution in [0.3, 0.4) is 0 Å². The number of carbonyl (C=O) groups excluding carboxylic acids is 1. The zero-order chi connectivity index (χ0) is 13.3. The van der Waals surface area contributed by atoms with E-state index in [1.807, 2.05) is 0 Å². The summed E-state index contributed by atoms with van der Waals surface area (Å²) in [6.45, 7) is 6.97. The third-order valence-corrected chi connectivity index (χ3v) is 9.41. The number of hydrogen-bond donors (Lipinski definition) is 1. The Morgan fingerprint density at radius 1 is 1.35 bits per heavy atom. The lowest BCUT2D eigenvalue weighted by molar-refractivity contribution is -0.438. The van der Waals surface area contributed by atoms with Crippen molar-refractivity contribution in [3.63, 3.8) is 0 Å². The van der Waals surface area contributed by atoms with Crippen LogP contribution in [0.1, 0.15) is 33.1 Å². The number of hydrogen-bond acceptors (Lipinski definition) is 2. The van der Waals surface area contributed by atoms with E-state index in [1.54, 1.807) is 0 Å². The van der Waals surface area contributed by atoms with Crippen LogP contribution in [0.4, 0.5) is 0 Å². The van der Waals surface area contributed by atoms with Gasteiger partial charge in [0.1, 0.15) is 0 Å². The number of likely N-dealkylation sites (tertiary alicyclic amines) is 1. The molecule has 1 saturated heterocycles. The molecule has 106 valence electrons. The van der Waals surface area contributed by atoms with Gasteiger partial charge < -0.3 is 5.32 Å². The van der Waals surface area contributed by atoms with Crippen molar-refractivity contribution in [1.29, 1.82) is 0 Å². The van der Waals surface area contributed by atoms with Crippen LogP contribution in [0.2, 0.25) is 0 Å². The maximum atomic E-state index is 12.7. The molecule has 0 bridgehead atoms. The second kappa shape index (κ2) is 2.20. The smallest absolute Gasteiger partial charge is 0.237 e. The first-order chi connectivity index (χ1) is 9.66. The molecule has 1 aliphatic heterocycles. The van der Waals surface area contributed by atoms with Crippen LogP contribution in [0, 0.1) is 39.9 Å². The Bertz CT molecular complexity index is 602. The van der Waals surface area contributed by atoms with Crippen molar-refractivity contribution in [2.24, 2.45) is 39.9 Å². The normalized spacial score (nSPS) is 74.6. The van der Waals surface area contributed by atoms with E-state index in [4.69, 9.17) is 0 Å².